The van der Waals surface area contributed by atoms with Gasteiger partial charge in [0.25, 0.3) is 0 Å². The molecule has 0 amide bonds. The van der Waals surface area contributed by atoms with Crippen LogP contribution in [-0.2, 0) is 0 Å². The van der Waals surface area contributed by atoms with E-state index < -0.39 is 5.97 Å². The molecular weight excluding hydrogens is 641 g/mol. The predicted molar refractivity (Wildman–Crippen MR) is 175 cm³/mol. The summed E-state index contributed by atoms with van der Waals surface area (Å²) in [6, 6.07) is 24.7. The molecule has 1 heterocycles. The molecule has 0 aliphatic carbocycles. The number of hydrogen-bond donors (Lipinski definition) is 1. The molecule has 4 aromatic rings. The van der Waals surface area contributed by atoms with Crippen molar-refractivity contribution < 1.29 is 39.5 Å². The number of rotatable bonds is 6. The zero-order valence-corrected chi connectivity index (χ0v) is 29.6. The van der Waals surface area contributed by atoms with Crippen molar-refractivity contribution in [2.45, 2.75) is 23.1 Å². The summed E-state index contributed by atoms with van der Waals surface area (Å²) < 4.78 is 0. The van der Waals surface area contributed by atoms with Crippen LogP contribution in [0.2, 0.25) is 15.1 Å². The Kier molecular flexibility index (Phi) is 14.8. The van der Waals surface area contributed by atoms with Crippen molar-refractivity contribution in [3.8, 4) is 0 Å². The van der Waals surface area contributed by atoms with Gasteiger partial charge in [-0.2, -0.15) is 0 Å². The molecule has 214 valence electrons. The maximum Gasteiger partial charge on any atom is 1.00 e. The molecule has 0 unspecified atom stereocenters. The quantitative estimate of drug-likeness (QED) is 0.224. The van der Waals surface area contributed by atoms with Crippen LogP contribution in [-0.4, -0.2) is 31.5 Å². The van der Waals surface area contributed by atoms with Crippen LogP contribution in [0.25, 0.3) is 5.57 Å². The Bertz CT molecular complexity index is 1580. The van der Waals surface area contributed by atoms with Gasteiger partial charge in [0.1, 0.15) is 0 Å². The van der Waals surface area contributed by atoms with E-state index in [9.17, 15) is 9.90 Å². The SMILES string of the molecule is CN(C)CCC=C1c2ccccc2Sc2ccc(Cl)cc21.Cc1ccc(Cl)c(Nc2ccccc2C(=O)[O-])c1Cl.Cl.[Na+]. The van der Waals surface area contributed by atoms with Gasteiger partial charge in [-0.1, -0.05) is 95.1 Å². The number of hydrogen-bond acceptors (Lipinski definition) is 5. The number of anilines is 2. The number of halogens is 4. The Morgan fingerprint density at radius 2 is 1.60 bits per heavy atom. The van der Waals surface area contributed by atoms with Crippen LogP contribution in [0.15, 0.2) is 94.7 Å². The van der Waals surface area contributed by atoms with Crippen LogP contribution in [0.1, 0.15) is 33.5 Å². The number of carbonyl (C=O) groups is 1. The van der Waals surface area contributed by atoms with E-state index >= 15 is 0 Å². The Labute approximate surface area is 295 Å². The standard InChI is InChI=1S/C18H18ClNS.C14H11Cl2NO2.ClH.Na/c1-20(2)11-5-7-14-15-6-3-4-8-17(15)21-18-10-9-13(19)12-16(14)18;1-8-6-7-10(15)13(12(8)16)17-11-5-3-2-4-9(11)14(18)19;;/h3-4,6-10,12H,5,11H2,1-2H3;2-7,17H,1H3,(H,18,19);1H;/q;;;+1/p-1. The summed E-state index contributed by atoms with van der Waals surface area (Å²) in [7, 11) is 4.21. The van der Waals surface area contributed by atoms with E-state index in [4.69, 9.17) is 34.8 Å². The molecule has 0 saturated heterocycles. The summed E-state index contributed by atoms with van der Waals surface area (Å²) in [5, 5.41) is 15.7. The third-order valence-electron chi connectivity index (χ3n) is 6.24. The first-order chi connectivity index (χ1) is 19.2. The topological polar surface area (TPSA) is 55.4 Å². The van der Waals surface area contributed by atoms with E-state index in [2.05, 4.69) is 66.8 Å². The molecular formula is C32H29Cl4N2NaO2S. The Balaban J connectivity index is 0.000000282. The minimum absolute atomic E-state index is 0. The monoisotopic (exact) mass is 668 g/mol. The molecule has 1 aliphatic rings. The van der Waals surface area contributed by atoms with Crippen LogP contribution in [0.5, 0.6) is 0 Å². The van der Waals surface area contributed by atoms with Gasteiger partial charge in [0.15, 0.2) is 0 Å². The molecule has 0 fully saturated rings. The van der Waals surface area contributed by atoms with Crippen molar-refractivity contribution in [1.29, 1.82) is 0 Å². The number of para-hydroxylation sites is 1. The Morgan fingerprint density at radius 1 is 0.929 bits per heavy atom. The molecule has 4 aromatic carbocycles. The minimum atomic E-state index is -1.26. The fourth-order valence-electron chi connectivity index (χ4n) is 4.21. The fraction of sp³-hybridized carbons (Fsp3) is 0.156. The molecule has 0 atom stereocenters. The second-order valence-corrected chi connectivity index (χ2v) is 11.8. The van der Waals surface area contributed by atoms with Crippen molar-refractivity contribution in [1.82, 2.24) is 4.90 Å². The molecule has 0 bridgehead atoms. The molecule has 4 nitrogen and oxygen atoms in total. The van der Waals surface area contributed by atoms with Crippen molar-refractivity contribution >= 4 is 81.9 Å². The summed E-state index contributed by atoms with van der Waals surface area (Å²) >= 11 is 20.3. The van der Waals surface area contributed by atoms with Gasteiger partial charge < -0.3 is 20.1 Å². The largest absolute Gasteiger partial charge is 1.00 e. The number of aryl methyl sites for hydroxylation is 1. The van der Waals surface area contributed by atoms with Crippen LogP contribution in [0.4, 0.5) is 11.4 Å². The number of aromatic carboxylic acids is 1. The molecule has 0 spiro atoms. The fourth-order valence-corrected chi connectivity index (χ4v) is 5.93. The van der Waals surface area contributed by atoms with E-state index in [1.165, 1.54) is 32.6 Å². The minimum Gasteiger partial charge on any atom is -0.545 e. The van der Waals surface area contributed by atoms with Crippen molar-refractivity contribution in [3.63, 3.8) is 0 Å². The molecule has 0 aromatic heterocycles. The van der Waals surface area contributed by atoms with Gasteiger partial charge in [-0.3, -0.25) is 0 Å². The number of nitrogens with zero attached hydrogens (tertiary/aromatic N) is 1. The zero-order valence-electron chi connectivity index (χ0n) is 23.7. The van der Waals surface area contributed by atoms with Gasteiger partial charge in [-0.25, -0.2) is 0 Å². The Hall–Kier alpha value is -1.64. The van der Waals surface area contributed by atoms with Gasteiger partial charge >= 0.3 is 29.6 Å². The van der Waals surface area contributed by atoms with Gasteiger partial charge in [-0.05, 0) is 86.1 Å². The second-order valence-electron chi connectivity index (χ2n) is 9.46. The van der Waals surface area contributed by atoms with Crippen LogP contribution >= 0.6 is 59.0 Å². The van der Waals surface area contributed by atoms with Crippen molar-refractivity contribution in [2.75, 3.05) is 26.0 Å². The van der Waals surface area contributed by atoms with Gasteiger partial charge in [-0.15, -0.1) is 12.4 Å². The van der Waals surface area contributed by atoms with E-state index in [0.29, 0.717) is 21.4 Å². The maximum atomic E-state index is 11.0. The number of carbonyl (C=O) groups excluding carboxylic acids is 1. The third-order valence-corrected chi connectivity index (χ3v) is 8.43. The summed E-state index contributed by atoms with van der Waals surface area (Å²) in [6.45, 7) is 2.89. The van der Waals surface area contributed by atoms with E-state index in [-0.39, 0.29) is 47.5 Å². The van der Waals surface area contributed by atoms with E-state index in [0.717, 1.165) is 23.6 Å². The average molecular weight is 670 g/mol. The predicted octanol–water partition coefficient (Wildman–Crippen LogP) is 6.02. The van der Waals surface area contributed by atoms with Crippen molar-refractivity contribution in [2.24, 2.45) is 0 Å². The molecule has 0 saturated carbocycles. The summed E-state index contributed by atoms with van der Waals surface area (Å²) in [5.41, 5.74) is 5.65. The first-order valence-corrected chi connectivity index (χ1v) is 14.5. The second kappa shape index (κ2) is 17.0. The number of fused-ring (bicyclic) bond motifs is 2. The molecule has 1 N–H and O–H groups in total. The third kappa shape index (κ3) is 9.18. The van der Waals surface area contributed by atoms with Gasteiger partial charge in [0.2, 0.25) is 0 Å². The normalized spacial score (nSPS) is 12.2. The van der Waals surface area contributed by atoms with Crippen LogP contribution in [0.3, 0.4) is 0 Å². The summed E-state index contributed by atoms with van der Waals surface area (Å²) in [6.07, 6.45) is 3.38. The molecule has 5 rings (SSSR count). The number of carboxylic acid groups (broad SMARTS) is 1. The first kappa shape index (κ1) is 36.6. The summed E-state index contributed by atoms with van der Waals surface area (Å²) in [4.78, 5) is 15.8. The first-order valence-electron chi connectivity index (χ1n) is 12.6. The molecule has 10 heteroatoms. The van der Waals surface area contributed by atoms with Crippen molar-refractivity contribution in [3.05, 3.63) is 122 Å². The molecule has 0 radical (unpaired) electrons. The number of nitrogens with one attached hydrogen (secondary N) is 1. The Morgan fingerprint density at radius 3 is 2.31 bits per heavy atom. The zero-order chi connectivity index (χ0) is 28.8. The smallest absolute Gasteiger partial charge is 0.545 e. The average Bonchev–Trinajstić information content (AvgIpc) is 2.93. The number of benzene rings is 4. The molecule has 1 aliphatic heterocycles. The van der Waals surface area contributed by atoms with Gasteiger partial charge in [0, 0.05) is 32.6 Å². The summed E-state index contributed by atoms with van der Waals surface area (Å²) in [5.74, 6) is -1.26. The molecule has 42 heavy (non-hydrogen) atoms. The van der Waals surface area contributed by atoms with Crippen LogP contribution < -0.4 is 40.0 Å². The van der Waals surface area contributed by atoms with Gasteiger partial charge in [0.05, 0.1) is 21.7 Å². The maximum absolute atomic E-state index is 11.0. The van der Waals surface area contributed by atoms with E-state index in [1.807, 2.05) is 24.8 Å². The van der Waals surface area contributed by atoms with Crippen LogP contribution in [0, 0.1) is 6.92 Å². The number of carboxylic acids is 1. The van der Waals surface area contributed by atoms with E-state index in [1.54, 1.807) is 30.3 Å².